The molecule has 0 N–H and O–H groups in total. The van der Waals surface area contributed by atoms with Gasteiger partial charge in [0.25, 0.3) is 0 Å². The normalized spacial score (nSPS) is 25.9. The van der Waals surface area contributed by atoms with Crippen LogP contribution in [0.15, 0.2) is 6.20 Å². The Bertz CT molecular complexity index is 486. The SMILES string of the molecule is CC(=O)c1cn(C2CCOC3(CCCC3)C2)c(C)n1. The average Bonchev–Trinajstić information content (AvgIpc) is 2.97. The van der Waals surface area contributed by atoms with Crippen molar-refractivity contribution >= 4 is 5.78 Å². The van der Waals surface area contributed by atoms with Gasteiger partial charge >= 0.3 is 0 Å². The Morgan fingerprint density at radius 3 is 2.84 bits per heavy atom. The number of hydrogen-bond acceptors (Lipinski definition) is 3. The van der Waals surface area contributed by atoms with E-state index in [0.29, 0.717) is 11.7 Å². The van der Waals surface area contributed by atoms with Crippen molar-refractivity contribution in [2.75, 3.05) is 6.61 Å². The lowest BCUT2D eigenvalue weighted by molar-refractivity contribution is -0.0896. The number of imidazole rings is 1. The number of hydrogen-bond donors (Lipinski definition) is 0. The lowest BCUT2D eigenvalue weighted by Gasteiger charge is -2.39. The Hall–Kier alpha value is -1.16. The van der Waals surface area contributed by atoms with E-state index in [0.717, 1.165) is 25.3 Å². The molecule has 2 heterocycles. The number of ketones is 1. The summed E-state index contributed by atoms with van der Waals surface area (Å²) in [6.07, 6.45) is 8.98. The predicted octanol–water partition coefficient (Wildman–Crippen LogP) is 3.06. The van der Waals surface area contributed by atoms with Crippen molar-refractivity contribution in [2.45, 2.75) is 64.0 Å². The van der Waals surface area contributed by atoms with Gasteiger partial charge in [0.15, 0.2) is 5.78 Å². The first kappa shape index (κ1) is 12.9. The van der Waals surface area contributed by atoms with Crippen LogP contribution in [0.3, 0.4) is 0 Å². The molecule has 1 aliphatic carbocycles. The summed E-state index contributed by atoms with van der Waals surface area (Å²) in [5.41, 5.74) is 0.695. The number of carbonyl (C=O) groups excluding carboxylic acids is 1. The standard InChI is InChI=1S/C15H22N2O2/c1-11(18)14-10-17(12(2)16-14)13-5-8-19-15(9-13)6-3-4-7-15/h10,13H,3-9H2,1-2H3. The zero-order chi connectivity index (χ0) is 13.5. The van der Waals surface area contributed by atoms with Crippen LogP contribution >= 0.6 is 0 Å². The highest BCUT2D eigenvalue weighted by Gasteiger charge is 2.40. The molecule has 1 unspecified atom stereocenters. The molecule has 1 atom stereocenters. The summed E-state index contributed by atoms with van der Waals surface area (Å²) in [5.74, 6) is 0.995. The summed E-state index contributed by atoms with van der Waals surface area (Å²) in [7, 11) is 0. The smallest absolute Gasteiger partial charge is 0.179 e. The fraction of sp³-hybridized carbons (Fsp3) is 0.733. The van der Waals surface area contributed by atoms with E-state index in [9.17, 15) is 4.79 Å². The third-order valence-corrected chi connectivity index (χ3v) is 4.65. The van der Waals surface area contributed by atoms with Gasteiger partial charge < -0.3 is 9.30 Å². The molecule has 0 aromatic carbocycles. The Kier molecular flexibility index (Phi) is 3.21. The summed E-state index contributed by atoms with van der Waals surface area (Å²) in [6.45, 7) is 4.40. The molecule has 0 amide bonds. The topological polar surface area (TPSA) is 44.1 Å². The van der Waals surface area contributed by atoms with Gasteiger partial charge in [0.1, 0.15) is 11.5 Å². The molecule has 4 nitrogen and oxygen atoms in total. The van der Waals surface area contributed by atoms with E-state index in [2.05, 4.69) is 9.55 Å². The van der Waals surface area contributed by atoms with E-state index in [1.807, 2.05) is 13.1 Å². The molecule has 2 fully saturated rings. The molecule has 0 bridgehead atoms. The van der Waals surface area contributed by atoms with Gasteiger partial charge in [-0.15, -0.1) is 0 Å². The fourth-order valence-corrected chi connectivity index (χ4v) is 3.63. The highest BCUT2D eigenvalue weighted by molar-refractivity contribution is 5.91. The van der Waals surface area contributed by atoms with E-state index in [4.69, 9.17) is 4.74 Å². The summed E-state index contributed by atoms with van der Waals surface area (Å²) < 4.78 is 8.27. The van der Waals surface area contributed by atoms with Crippen LogP contribution < -0.4 is 0 Å². The Labute approximate surface area is 114 Å². The van der Waals surface area contributed by atoms with Crippen molar-refractivity contribution in [1.82, 2.24) is 9.55 Å². The summed E-state index contributed by atoms with van der Waals surface area (Å²) in [5, 5.41) is 0. The highest BCUT2D eigenvalue weighted by atomic mass is 16.5. The third kappa shape index (κ3) is 2.34. The van der Waals surface area contributed by atoms with Crippen LogP contribution in [0, 0.1) is 6.92 Å². The maximum absolute atomic E-state index is 11.4. The van der Waals surface area contributed by atoms with Gasteiger partial charge in [0.05, 0.1) is 5.60 Å². The van der Waals surface area contributed by atoms with E-state index < -0.39 is 0 Å². The molecule has 1 saturated heterocycles. The van der Waals surface area contributed by atoms with Gasteiger partial charge in [-0.25, -0.2) is 4.98 Å². The summed E-state index contributed by atoms with van der Waals surface area (Å²) in [6, 6.07) is 0.437. The van der Waals surface area contributed by atoms with Crippen molar-refractivity contribution in [3.8, 4) is 0 Å². The van der Waals surface area contributed by atoms with Crippen LogP contribution in [-0.4, -0.2) is 27.5 Å². The van der Waals surface area contributed by atoms with Crippen molar-refractivity contribution in [2.24, 2.45) is 0 Å². The van der Waals surface area contributed by atoms with Crippen LogP contribution in [-0.2, 0) is 4.74 Å². The Balaban J connectivity index is 1.83. The van der Waals surface area contributed by atoms with E-state index in [-0.39, 0.29) is 11.4 Å². The second kappa shape index (κ2) is 4.75. The first-order chi connectivity index (χ1) is 9.10. The largest absolute Gasteiger partial charge is 0.375 e. The van der Waals surface area contributed by atoms with Crippen LogP contribution in [0.1, 0.15) is 67.8 Å². The van der Waals surface area contributed by atoms with Gasteiger partial charge in [-0.2, -0.15) is 0 Å². The number of Topliss-reactive ketones (excluding diaryl/α,β-unsaturated/α-hetero) is 1. The molecular weight excluding hydrogens is 240 g/mol. The monoisotopic (exact) mass is 262 g/mol. The molecule has 1 saturated carbocycles. The number of aromatic nitrogens is 2. The molecule has 1 spiro atoms. The van der Waals surface area contributed by atoms with Crippen LogP contribution in [0.25, 0.3) is 0 Å². The minimum Gasteiger partial charge on any atom is -0.375 e. The molecule has 3 rings (SSSR count). The lowest BCUT2D eigenvalue weighted by atomic mass is 9.89. The lowest BCUT2D eigenvalue weighted by Crippen LogP contribution is -2.38. The van der Waals surface area contributed by atoms with E-state index in [1.165, 1.54) is 25.7 Å². The van der Waals surface area contributed by atoms with Gasteiger partial charge in [-0.05, 0) is 32.6 Å². The maximum atomic E-state index is 11.4. The van der Waals surface area contributed by atoms with Gasteiger partial charge in [-0.3, -0.25) is 4.79 Å². The quantitative estimate of drug-likeness (QED) is 0.769. The van der Waals surface area contributed by atoms with E-state index in [1.54, 1.807) is 6.92 Å². The zero-order valence-electron chi connectivity index (χ0n) is 11.8. The molecule has 1 aliphatic heterocycles. The summed E-state index contributed by atoms with van der Waals surface area (Å²) >= 11 is 0. The Morgan fingerprint density at radius 2 is 2.21 bits per heavy atom. The molecule has 2 aliphatic rings. The number of aryl methyl sites for hydroxylation is 1. The first-order valence-corrected chi connectivity index (χ1v) is 7.30. The van der Waals surface area contributed by atoms with Crippen molar-refractivity contribution in [3.63, 3.8) is 0 Å². The predicted molar refractivity (Wildman–Crippen MR) is 72.4 cm³/mol. The van der Waals surface area contributed by atoms with Crippen molar-refractivity contribution in [1.29, 1.82) is 0 Å². The fourth-order valence-electron chi connectivity index (χ4n) is 3.63. The van der Waals surface area contributed by atoms with E-state index >= 15 is 0 Å². The molecule has 0 radical (unpaired) electrons. The third-order valence-electron chi connectivity index (χ3n) is 4.65. The number of nitrogens with zero attached hydrogens (tertiary/aromatic N) is 2. The zero-order valence-corrected chi connectivity index (χ0v) is 11.8. The summed E-state index contributed by atoms with van der Waals surface area (Å²) in [4.78, 5) is 15.8. The van der Waals surface area contributed by atoms with Gasteiger partial charge in [0.2, 0.25) is 0 Å². The van der Waals surface area contributed by atoms with Crippen LogP contribution in [0.4, 0.5) is 0 Å². The molecule has 1 aromatic rings. The molecule has 4 heteroatoms. The van der Waals surface area contributed by atoms with Gasteiger partial charge in [0, 0.05) is 25.8 Å². The molecule has 104 valence electrons. The van der Waals surface area contributed by atoms with Crippen molar-refractivity contribution in [3.05, 3.63) is 17.7 Å². The minimum atomic E-state index is 0.0458. The number of carbonyl (C=O) groups is 1. The molecular formula is C15H22N2O2. The average molecular weight is 262 g/mol. The van der Waals surface area contributed by atoms with Crippen LogP contribution in [0.5, 0.6) is 0 Å². The minimum absolute atomic E-state index is 0.0458. The first-order valence-electron chi connectivity index (χ1n) is 7.30. The molecule has 19 heavy (non-hydrogen) atoms. The number of ether oxygens (including phenoxy) is 1. The Morgan fingerprint density at radius 1 is 1.47 bits per heavy atom. The second-order valence-corrected chi connectivity index (χ2v) is 6.02. The second-order valence-electron chi connectivity index (χ2n) is 6.02. The number of rotatable bonds is 2. The molecule has 1 aromatic heterocycles. The van der Waals surface area contributed by atoms with Crippen molar-refractivity contribution < 1.29 is 9.53 Å². The van der Waals surface area contributed by atoms with Gasteiger partial charge in [-0.1, -0.05) is 12.8 Å². The van der Waals surface area contributed by atoms with Crippen LogP contribution in [0.2, 0.25) is 0 Å². The highest BCUT2D eigenvalue weighted by Crippen LogP contribution is 2.43. The maximum Gasteiger partial charge on any atom is 0.179 e.